The molecule has 0 aliphatic carbocycles. The number of likely N-dealkylation sites (N-methyl/N-ethyl adjacent to an activating group) is 1. The molecule has 2 unspecified atom stereocenters. The van der Waals surface area contributed by atoms with Gasteiger partial charge in [0.15, 0.2) is 5.96 Å². The van der Waals surface area contributed by atoms with E-state index in [1.54, 1.807) is 14.1 Å². The van der Waals surface area contributed by atoms with Crippen LogP contribution < -0.4 is 16.0 Å². The Morgan fingerprint density at radius 1 is 1.40 bits per heavy atom. The van der Waals surface area contributed by atoms with Crippen molar-refractivity contribution >= 4 is 35.8 Å². The summed E-state index contributed by atoms with van der Waals surface area (Å²) in [4.78, 5) is 17.8. The van der Waals surface area contributed by atoms with Crippen LogP contribution in [0, 0.1) is 5.92 Å². The Balaban J connectivity index is 0.00000361. The lowest BCUT2D eigenvalue weighted by Gasteiger charge is -2.21. The molecule has 0 bridgehead atoms. The number of rotatable bonds is 4. The number of nitrogens with zero attached hydrogens (tertiary/aromatic N) is 2. The molecular weight excluding hydrogens is 369 g/mol. The Labute approximate surface area is 139 Å². The Bertz CT molecular complexity index is 335. The number of aliphatic imine (C=N–C) groups is 1. The molecule has 20 heavy (non-hydrogen) atoms. The van der Waals surface area contributed by atoms with Crippen LogP contribution in [-0.4, -0.2) is 62.6 Å². The maximum absolute atomic E-state index is 11.2. The van der Waals surface area contributed by atoms with Crippen LogP contribution in [0.5, 0.6) is 0 Å². The highest BCUT2D eigenvalue weighted by Gasteiger charge is 2.31. The third kappa shape index (κ3) is 5.82. The van der Waals surface area contributed by atoms with E-state index < -0.39 is 0 Å². The molecule has 1 aliphatic rings. The molecule has 2 atom stereocenters. The monoisotopic (exact) mass is 397 g/mol. The number of hydrogen-bond donors (Lipinski definition) is 3. The highest BCUT2D eigenvalue weighted by Crippen LogP contribution is 2.18. The van der Waals surface area contributed by atoms with Crippen molar-refractivity contribution in [2.24, 2.45) is 10.9 Å². The molecule has 118 valence electrons. The highest BCUT2D eigenvalue weighted by molar-refractivity contribution is 14.0. The first-order chi connectivity index (χ1) is 8.97. The van der Waals surface area contributed by atoms with Crippen LogP contribution in [0.15, 0.2) is 4.99 Å². The van der Waals surface area contributed by atoms with Crippen molar-refractivity contribution in [2.75, 3.05) is 33.7 Å². The van der Waals surface area contributed by atoms with Crippen molar-refractivity contribution < 1.29 is 4.79 Å². The molecule has 1 amide bonds. The predicted molar refractivity (Wildman–Crippen MR) is 93.6 cm³/mol. The van der Waals surface area contributed by atoms with Gasteiger partial charge in [0.05, 0.1) is 6.54 Å². The van der Waals surface area contributed by atoms with Crippen LogP contribution in [0.25, 0.3) is 0 Å². The maximum atomic E-state index is 11.2. The van der Waals surface area contributed by atoms with Crippen LogP contribution >= 0.6 is 24.0 Å². The molecule has 1 fully saturated rings. The first kappa shape index (κ1) is 19.4. The molecule has 1 saturated heterocycles. The first-order valence-corrected chi connectivity index (χ1v) is 6.89. The number of likely N-dealkylation sites (tertiary alicyclic amines) is 1. The molecule has 1 rings (SSSR count). The van der Waals surface area contributed by atoms with Crippen molar-refractivity contribution in [1.29, 1.82) is 0 Å². The van der Waals surface area contributed by atoms with Crippen LogP contribution in [0.3, 0.4) is 0 Å². The molecular formula is C13H28IN5O. The van der Waals surface area contributed by atoms with Gasteiger partial charge in [0.2, 0.25) is 5.91 Å². The van der Waals surface area contributed by atoms with E-state index in [2.05, 4.69) is 46.6 Å². The summed E-state index contributed by atoms with van der Waals surface area (Å²) >= 11 is 0. The van der Waals surface area contributed by atoms with Gasteiger partial charge >= 0.3 is 0 Å². The van der Waals surface area contributed by atoms with Gasteiger partial charge in [-0.15, -0.1) is 24.0 Å². The van der Waals surface area contributed by atoms with Crippen molar-refractivity contribution in [1.82, 2.24) is 20.9 Å². The fraction of sp³-hybridized carbons (Fsp3) is 0.846. The van der Waals surface area contributed by atoms with Gasteiger partial charge in [-0.1, -0.05) is 6.92 Å². The normalized spacial score (nSPS) is 23.4. The predicted octanol–water partition coefficient (Wildman–Crippen LogP) is 0.244. The fourth-order valence-corrected chi connectivity index (χ4v) is 2.24. The van der Waals surface area contributed by atoms with Gasteiger partial charge in [-0.3, -0.25) is 14.7 Å². The van der Waals surface area contributed by atoms with Crippen LogP contribution in [0.4, 0.5) is 0 Å². The number of hydrogen-bond acceptors (Lipinski definition) is 3. The molecule has 0 saturated carbocycles. The summed E-state index contributed by atoms with van der Waals surface area (Å²) in [7, 11) is 3.35. The summed E-state index contributed by atoms with van der Waals surface area (Å²) in [6, 6.07) is 0.938. The summed E-state index contributed by atoms with van der Waals surface area (Å²) < 4.78 is 0. The molecule has 0 aromatic heterocycles. The maximum Gasteiger partial charge on any atom is 0.239 e. The van der Waals surface area contributed by atoms with Crippen LogP contribution in [0.1, 0.15) is 20.8 Å². The van der Waals surface area contributed by atoms with Gasteiger partial charge < -0.3 is 16.0 Å². The van der Waals surface area contributed by atoms with Gasteiger partial charge in [0.25, 0.3) is 0 Å². The Hall–Kier alpha value is -0.570. The second-order valence-electron chi connectivity index (χ2n) is 5.37. The summed E-state index contributed by atoms with van der Waals surface area (Å²) in [5.41, 5.74) is 0. The van der Waals surface area contributed by atoms with E-state index in [0.29, 0.717) is 24.0 Å². The number of amides is 1. The Kier molecular flexibility index (Phi) is 9.11. The Morgan fingerprint density at radius 3 is 2.50 bits per heavy atom. The van der Waals surface area contributed by atoms with E-state index >= 15 is 0 Å². The SMILES string of the molecule is CN=C(NCC(=O)NC)NC1CN(C(C)C)CC1C.I. The fourth-order valence-electron chi connectivity index (χ4n) is 2.24. The zero-order chi connectivity index (χ0) is 14.4. The number of nitrogens with one attached hydrogen (secondary N) is 3. The smallest absolute Gasteiger partial charge is 0.239 e. The van der Waals surface area contributed by atoms with E-state index in [4.69, 9.17) is 0 Å². The zero-order valence-electron chi connectivity index (χ0n) is 13.1. The lowest BCUT2D eigenvalue weighted by atomic mass is 10.1. The molecule has 1 aliphatic heterocycles. The third-order valence-corrected chi connectivity index (χ3v) is 3.61. The van der Waals surface area contributed by atoms with Crippen molar-refractivity contribution in [3.8, 4) is 0 Å². The molecule has 0 radical (unpaired) electrons. The number of carbonyl (C=O) groups is 1. The molecule has 7 heteroatoms. The van der Waals surface area contributed by atoms with Gasteiger partial charge in [-0.2, -0.15) is 0 Å². The van der Waals surface area contributed by atoms with E-state index in [1.807, 2.05) is 0 Å². The summed E-state index contributed by atoms with van der Waals surface area (Å²) in [5, 5.41) is 8.99. The molecule has 0 aromatic carbocycles. The lowest BCUT2D eigenvalue weighted by molar-refractivity contribution is -0.119. The second kappa shape index (κ2) is 9.38. The van der Waals surface area contributed by atoms with E-state index in [0.717, 1.165) is 13.1 Å². The topological polar surface area (TPSA) is 68.8 Å². The van der Waals surface area contributed by atoms with E-state index in [1.165, 1.54) is 0 Å². The molecule has 6 nitrogen and oxygen atoms in total. The quantitative estimate of drug-likeness (QED) is 0.361. The minimum absolute atomic E-state index is 0. The second-order valence-corrected chi connectivity index (χ2v) is 5.37. The zero-order valence-corrected chi connectivity index (χ0v) is 15.4. The van der Waals surface area contributed by atoms with E-state index in [-0.39, 0.29) is 36.4 Å². The van der Waals surface area contributed by atoms with Crippen molar-refractivity contribution in [2.45, 2.75) is 32.9 Å². The van der Waals surface area contributed by atoms with E-state index in [9.17, 15) is 4.79 Å². The minimum atomic E-state index is -0.0498. The van der Waals surface area contributed by atoms with Gasteiger partial charge in [0.1, 0.15) is 0 Å². The third-order valence-electron chi connectivity index (χ3n) is 3.61. The Morgan fingerprint density at radius 2 is 2.05 bits per heavy atom. The molecule has 3 N–H and O–H groups in total. The van der Waals surface area contributed by atoms with Crippen molar-refractivity contribution in [3.63, 3.8) is 0 Å². The van der Waals surface area contributed by atoms with Crippen molar-refractivity contribution in [3.05, 3.63) is 0 Å². The van der Waals surface area contributed by atoms with Gasteiger partial charge in [0, 0.05) is 39.3 Å². The molecule has 0 aromatic rings. The summed E-state index contributed by atoms with van der Waals surface area (Å²) in [6.07, 6.45) is 0. The number of halogens is 1. The first-order valence-electron chi connectivity index (χ1n) is 6.89. The number of carbonyl (C=O) groups excluding carboxylic acids is 1. The standard InChI is InChI=1S/C13H27N5O.HI/c1-9(2)18-7-10(3)11(8-18)17-13(15-5)16-6-12(19)14-4;/h9-11H,6-8H2,1-5H3,(H,14,19)(H2,15,16,17);1H. The minimum Gasteiger partial charge on any atom is -0.358 e. The average molecular weight is 397 g/mol. The van der Waals surface area contributed by atoms with Gasteiger partial charge in [-0.25, -0.2) is 0 Å². The molecule has 1 heterocycles. The van der Waals surface area contributed by atoms with Gasteiger partial charge in [-0.05, 0) is 19.8 Å². The largest absolute Gasteiger partial charge is 0.358 e. The average Bonchev–Trinajstić information content (AvgIpc) is 2.75. The molecule has 0 spiro atoms. The summed E-state index contributed by atoms with van der Waals surface area (Å²) in [6.45, 7) is 9.03. The summed E-state index contributed by atoms with van der Waals surface area (Å²) in [5.74, 6) is 1.21. The van der Waals surface area contributed by atoms with Crippen LogP contribution in [-0.2, 0) is 4.79 Å². The number of guanidine groups is 1. The lowest BCUT2D eigenvalue weighted by Crippen LogP contribution is -2.48. The van der Waals surface area contributed by atoms with Crippen LogP contribution in [0.2, 0.25) is 0 Å². The highest BCUT2D eigenvalue weighted by atomic mass is 127.